The van der Waals surface area contributed by atoms with Gasteiger partial charge >= 0.3 is 12.1 Å². The van der Waals surface area contributed by atoms with E-state index < -0.39 is 59.9 Å². The van der Waals surface area contributed by atoms with Gasteiger partial charge in [0.05, 0.1) is 17.6 Å². The number of amides is 1. The Morgan fingerprint density at radius 1 is 1.26 bits per heavy atom. The summed E-state index contributed by atoms with van der Waals surface area (Å²) in [6.45, 7) is 5.42. The number of carbonyl (C=O) groups is 2. The Bertz CT molecular complexity index is 1010. The zero-order chi connectivity index (χ0) is 26.4. The highest BCUT2D eigenvalue weighted by atomic mass is 19.4. The fourth-order valence-electron chi connectivity index (χ4n) is 4.13. The standard InChI is InChI=1S/C21H26F3N7O4/c1-5-11(2)16(34-19(33)13-9-7-6-8-10-13)17-14(21(22,23)24)15(27-12(3)32)18(28-30-25)20(4,35-17)29-31-26/h6-11,14-18H,5H2,1-4H3,(H,27,32)/t11-,14-,15-,16-,17?,18?,20-/m1/s1. The zero-order valence-corrected chi connectivity index (χ0v) is 19.5. The van der Waals surface area contributed by atoms with Crippen molar-refractivity contribution in [1.82, 2.24) is 5.32 Å². The van der Waals surface area contributed by atoms with E-state index in [0.29, 0.717) is 6.42 Å². The third-order valence-corrected chi connectivity index (χ3v) is 5.95. The monoisotopic (exact) mass is 497 g/mol. The van der Waals surface area contributed by atoms with Crippen molar-refractivity contribution in [2.24, 2.45) is 22.1 Å². The van der Waals surface area contributed by atoms with Crippen molar-refractivity contribution in [3.8, 4) is 0 Å². The van der Waals surface area contributed by atoms with Crippen molar-refractivity contribution in [3.05, 3.63) is 56.8 Å². The van der Waals surface area contributed by atoms with Gasteiger partial charge in [0.1, 0.15) is 18.1 Å². The van der Waals surface area contributed by atoms with E-state index in [0.717, 1.165) is 13.8 Å². The molecule has 0 aliphatic carbocycles. The van der Waals surface area contributed by atoms with Gasteiger partial charge in [0.15, 0.2) is 5.72 Å². The average molecular weight is 497 g/mol. The number of nitrogens with one attached hydrogen (secondary N) is 1. The minimum absolute atomic E-state index is 0.114. The molecule has 2 rings (SSSR count). The summed E-state index contributed by atoms with van der Waals surface area (Å²) in [6, 6.07) is 4.06. The van der Waals surface area contributed by atoms with Gasteiger partial charge in [0, 0.05) is 16.7 Å². The van der Waals surface area contributed by atoms with E-state index in [1.54, 1.807) is 32.0 Å². The Balaban J connectivity index is 2.70. The molecule has 35 heavy (non-hydrogen) atoms. The van der Waals surface area contributed by atoms with Crippen LogP contribution in [-0.2, 0) is 14.3 Å². The number of azide groups is 2. The summed E-state index contributed by atoms with van der Waals surface area (Å²) in [5.74, 6) is -4.82. The summed E-state index contributed by atoms with van der Waals surface area (Å²) in [7, 11) is 0. The first-order valence-corrected chi connectivity index (χ1v) is 10.8. The largest absolute Gasteiger partial charge is 0.456 e. The Kier molecular flexibility index (Phi) is 8.97. The van der Waals surface area contributed by atoms with Crippen LogP contribution in [0, 0.1) is 11.8 Å². The summed E-state index contributed by atoms with van der Waals surface area (Å²) in [6.07, 6.45) is -8.06. The van der Waals surface area contributed by atoms with Crippen molar-refractivity contribution in [1.29, 1.82) is 0 Å². The molecule has 1 fully saturated rings. The molecule has 1 amide bonds. The molecule has 1 aromatic rings. The predicted molar refractivity (Wildman–Crippen MR) is 118 cm³/mol. The Hall–Kier alpha value is -3.47. The number of hydrogen-bond acceptors (Lipinski definition) is 6. The summed E-state index contributed by atoms with van der Waals surface area (Å²) < 4.78 is 54.8. The van der Waals surface area contributed by atoms with Crippen LogP contribution in [0.1, 0.15) is 44.5 Å². The van der Waals surface area contributed by atoms with E-state index >= 15 is 0 Å². The second-order valence-corrected chi connectivity index (χ2v) is 8.39. The molecule has 1 saturated heterocycles. The summed E-state index contributed by atoms with van der Waals surface area (Å²) >= 11 is 0. The Morgan fingerprint density at radius 2 is 1.89 bits per heavy atom. The number of ether oxygens (including phenoxy) is 2. The second kappa shape index (κ2) is 11.3. The Morgan fingerprint density at radius 3 is 2.37 bits per heavy atom. The van der Waals surface area contributed by atoms with Crippen LogP contribution in [0.3, 0.4) is 0 Å². The van der Waals surface area contributed by atoms with Crippen LogP contribution < -0.4 is 5.32 Å². The highest BCUT2D eigenvalue weighted by molar-refractivity contribution is 5.89. The van der Waals surface area contributed by atoms with Crippen molar-refractivity contribution < 1.29 is 32.2 Å². The molecule has 7 atom stereocenters. The lowest BCUT2D eigenvalue weighted by atomic mass is 9.76. The molecule has 2 unspecified atom stereocenters. The molecule has 1 aliphatic heterocycles. The number of rotatable bonds is 8. The van der Waals surface area contributed by atoms with Gasteiger partial charge in [-0.1, -0.05) is 42.3 Å². The first-order chi connectivity index (χ1) is 16.4. The minimum Gasteiger partial charge on any atom is -0.456 e. The molecule has 11 nitrogen and oxygen atoms in total. The van der Waals surface area contributed by atoms with E-state index in [1.165, 1.54) is 12.1 Å². The molecule has 14 heteroatoms. The first-order valence-electron chi connectivity index (χ1n) is 10.8. The van der Waals surface area contributed by atoms with Crippen LogP contribution in [0.2, 0.25) is 0 Å². The van der Waals surface area contributed by atoms with Crippen molar-refractivity contribution in [2.75, 3.05) is 0 Å². The molecule has 1 heterocycles. The molecule has 0 aromatic heterocycles. The molecule has 0 spiro atoms. The zero-order valence-electron chi connectivity index (χ0n) is 19.5. The van der Waals surface area contributed by atoms with Crippen LogP contribution in [0.4, 0.5) is 13.2 Å². The molecule has 0 radical (unpaired) electrons. The van der Waals surface area contributed by atoms with Crippen LogP contribution in [-0.4, -0.2) is 48.1 Å². The maximum Gasteiger partial charge on any atom is 0.396 e. The van der Waals surface area contributed by atoms with Gasteiger partial charge in [-0.05, 0) is 42.5 Å². The lowest BCUT2D eigenvalue weighted by molar-refractivity contribution is -0.282. The number of halogens is 3. The molecular formula is C21H26F3N7O4. The summed E-state index contributed by atoms with van der Waals surface area (Å²) in [5.41, 5.74) is 16.1. The molecule has 1 aromatic carbocycles. The second-order valence-electron chi connectivity index (χ2n) is 8.39. The maximum atomic E-state index is 14.5. The SMILES string of the molecule is CC[C@@H](C)[C@@H](OC(=O)c1ccccc1)C1O[C@@](C)(N=[N+]=[N-])C(N=[N+]=[N-])[C@H](NC(C)=O)[C@H]1C(F)(F)F. The van der Waals surface area contributed by atoms with Crippen LogP contribution in [0.5, 0.6) is 0 Å². The third kappa shape index (κ3) is 6.36. The fraction of sp³-hybridized carbons (Fsp3) is 0.619. The van der Waals surface area contributed by atoms with Crippen LogP contribution in [0.25, 0.3) is 20.9 Å². The molecular weight excluding hydrogens is 471 g/mol. The lowest BCUT2D eigenvalue weighted by Gasteiger charge is -2.51. The number of hydrogen-bond donors (Lipinski definition) is 1. The molecule has 0 bridgehead atoms. The van der Waals surface area contributed by atoms with Crippen LogP contribution >= 0.6 is 0 Å². The smallest absolute Gasteiger partial charge is 0.396 e. The number of nitrogens with zero attached hydrogens (tertiary/aromatic N) is 6. The lowest BCUT2D eigenvalue weighted by Crippen LogP contribution is -2.69. The van der Waals surface area contributed by atoms with Crippen molar-refractivity contribution >= 4 is 11.9 Å². The van der Waals surface area contributed by atoms with Gasteiger partial charge in [0.2, 0.25) is 5.91 Å². The maximum absolute atomic E-state index is 14.5. The molecule has 1 aliphatic rings. The van der Waals surface area contributed by atoms with Gasteiger partial charge in [-0.3, -0.25) is 4.79 Å². The molecule has 190 valence electrons. The number of carbonyl (C=O) groups excluding carboxylic acids is 2. The molecule has 0 saturated carbocycles. The van der Waals surface area contributed by atoms with Crippen molar-refractivity contribution in [3.63, 3.8) is 0 Å². The highest BCUT2D eigenvalue weighted by Crippen LogP contribution is 2.46. The van der Waals surface area contributed by atoms with Gasteiger partial charge in [-0.25, -0.2) is 4.79 Å². The third-order valence-electron chi connectivity index (χ3n) is 5.95. The van der Waals surface area contributed by atoms with Crippen molar-refractivity contribution in [2.45, 2.75) is 70.3 Å². The van der Waals surface area contributed by atoms with E-state index in [4.69, 9.17) is 20.5 Å². The fourth-order valence-corrected chi connectivity index (χ4v) is 4.13. The van der Waals surface area contributed by atoms with E-state index in [-0.39, 0.29) is 5.56 Å². The predicted octanol–water partition coefficient (Wildman–Crippen LogP) is 5.05. The number of esters is 1. The van der Waals surface area contributed by atoms with E-state index in [2.05, 4.69) is 25.4 Å². The number of alkyl halides is 3. The molecule has 1 N–H and O–H groups in total. The van der Waals surface area contributed by atoms with Gasteiger partial charge < -0.3 is 14.8 Å². The van der Waals surface area contributed by atoms with Gasteiger partial charge in [-0.15, -0.1) is 0 Å². The van der Waals surface area contributed by atoms with E-state index in [9.17, 15) is 22.8 Å². The first kappa shape index (κ1) is 27.8. The summed E-state index contributed by atoms with van der Waals surface area (Å²) in [4.78, 5) is 29.9. The number of benzene rings is 1. The van der Waals surface area contributed by atoms with Crippen LogP contribution in [0.15, 0.2) is 40.6 Å². The normalized spacial score (nSPS) is 28.0. The summed E-state index contributed by atoms with van der Waals surface area (Å²) in [5, 5.41) is 9.05. The Labute approximate surface area is 199 Å². The highest BCUT2D eigenvalue weighted by Gasteiger charge is 2.63. The minimum atomic E-state index is -5.00. The average Bonchev–Trinajstić information content (AvgIpc) is 2.78. The topological polar surface area (TPSA) is 162 Å². The quantitative estimate of drug-likeness (QED) is 0.230. The van der Waals surface area contributed by atoms with Gasteiger partial charge in [-0.2, -0.15) is 13.2 Å². The van der Waals surface area contributed by atoms with E-state index in [1.807, 2.05) is 0 Å². The van der Waals surface area contributed by atoms with Gasteiger partial charge in [0.25, 0.3) is 0 Å².